The maximum Gasteiger partial charge on any atom is 0.410 e. The quantitative estimate of drug-likeness (QED) is 0.0359. The highest BCUT2D eigenvalue weighted by molar-refractivity contribution is 5.99. The third-order valence-electron chi connectivity index (χ3n) is 18.6. The minimum absolute atomic E-state index is 0.0358. The summed E-state index contributed by atoms with van der Waals surface area (Å²) in [5, 5.41) is 10.9. The molecule has 14 atom stereocenters. The molecule has 0 spiro atoms. The number of methoxy groups -OCH3 is 1. The molecule has 0 bridgehead atoms. The number of esters is 2. The van der Waals surface area contributed by atoms with Crippen molar-refractivity contribution in [2.24, 2.45) is 41.4 Å². The highest BCUT2D eigenvalue weighted by atomic mass is 16.6. The van der Waals surface area contributed by atoms with E-state index in [0.29, 0.717) is 6.42 Å². The lowest BCUT2D eigenvalue weighted by Gasteiger charge is -2.42. The summed E-state index contributed by atoms with van der Waals surface area (Å²) in [4.78, 5) is 208. The molecule has 105 heavy (non-hydrogen) atoms. The van der Waals surface area contributed by atoms with Crippen LogP contribution < -0.4 is 21.3 Å². The van der Waals surface area contributed by atoms with Gasteiger partial charge < -0.3 is 74.5 Å². The van der Waals surface area contributed by atoms with Gasteiger partial charge in [0.05, 0.1) is 13.2 Å². The van der Waals surface area contributed by atoms with Gasteiger partial charge >= 0.3 is 18.0 Å². The van der Waals surface area contributed by atoms with Crippen LogP contribution in [0.1, 0.15) is 184 Å². The zero-order valence-corrected chi connectivity index (χ0v) is 69.2. The molecule has 0 aromatic rings. The van der Waals surface area contributed by atoms with Crippen molar-refractivity contribution in [1.82, 2.24) is 60.5 Å². The van der Waals surface area contributed by atoms with E-state index in [-0.39, 0.29) is 69.1 Å². The van der Waals surface area contributed by atoms with Crippen LogP contribution in [-0.2, 0) is 81.3 Å². The fourth-order valence-electron chi connectivity index (χ4n) is 12.1. The molecule has 0 fully saturated rings. The van der Waals surface area contributed by atoms with Crippen LogP contribution >= 0.6 is 0 Å². The van der Waals surface area contributed by atoms with Crippen molar-refractivity contribution in [2.45, 2.75) is 263 Å². The zero-order valence-electron chi connectivity index (χ0n) is 69.2. The molecule has 0 aliphatic carbocycles. The lowest BCUT2D eigenvalue weighted by Crippen LogP contribution is -2.63. The Bertz CT molecular complexity index is 2950. The standard InChI is InChI=1S/C75H134N12O18/c1-32-34-35-47(13)62(104-53(19)89)61(66(93)78-54(33-2)73(100)103-37-36-80(23)52(18)88)87(30)72(99)59(46(11)12)85(28)70(97)57(40-44(7)8)84(27)69(96)56(39-43(5)6)83(26)67(94)50(16)77-63(90)49(15)76-64(91)55(38-42(3)4)82(25)71(98)58(45(9)10)79-65(92)60(48(14)41-102-31)86(29)68(95)51(17)81(24)74(101)105-75(20,21)22/h32,34,42-51,54-62H,33,35-41H2,1-31H3,(H,76,91)(H,77,90)(H,78,93)(H,79,92)/b34-32+/t47-,48-,49+,50-,51-,54+,55+,56+,57+,58+,59+,60+,61+,62-/m1/s1. The fourth-order valence-corrected chi connectivity index (χ4v) is 12.1. The average Bonchev–Trinajstić information content (AvgIpc) is 0.803. The van der Waals surface area contributed by atoms with E-state index in [1.807, 2.05) is 47.6 Å². The van der Waals surface area contributed by atoms with Crippen LogP contribution in [0.15, 0.2) is 12.2 Å². The van der Waals surface area contributed by atoms with Gasteiger partial charge in [-0.15, -0.1) is 0 Å². The van der Waals surface area contributed by atoms with Crippen LogP contribution in [-0.4, -0.2) is 284 Å². The van der Waals surface area contributed by atoms with Crippen LogP contribution in [0.3, 0.4) is 0 Å². The molecule has 30 heteroatoms. The molecule has 602 valence electrons. The predicted octanol–water partition coefficient (Wildman–Crippen LogP) is 4.88. The summed E-state index contributed by atoms with van der Waals surface area (Å²) in [5.41, 5.74) is -0.847. The monoisotopic (exact) mass is 1490 g/mol. The molecular formula is C75H134N12O18. The van der Waals surface area contributed by atoms with Gasteiger partial charge in [-0.25, -0.2) is 9.59 Å². The summed E-state index contributed by atoms with van der Waals surface area (Å²) in [6, 6.07) is -13.8. The van der Waals surface area contributed by atoms with Crippen LogP contribution in [0.25, 0.3) is 0 Å². The molecular weight excluding hydrogens is 1360 g/mol. The van der Waals surface area contributed by atoms with Gasteiger partial charge in [0.25, 0.3) is 0 Å². The van der Waals surface area contributed by atoms with Gasteiger partial charge in [-0.05, 0) is 116 Å². The summed E-state index contributed by atoms with van der Waals surface area (Å²) in [7, 11) is 12.8. The van der Waals surface area contributed by atoms with E-state index in [2.05, 4.69) is 21.3 Å². The number of likely N-dealkylation sites (N-methyl/N-ethyl adjacent to an activating group) is 8. The first-order valence-electron chi connectivity index (χ1n) is 36.7. The molecule has 12 amide bonds. The third kappa shape index (κ3) is 30.1. The Morgan fingerprint density at radius 3 is 1.38 bits per heavy atom. The smallest absolute Gasteiger partial charge is 0.410 e. The third-order valence-corrected chi connectivity index (χ3v) is 18.6. The lowest BCUT2D eigenvalue weighted by molar-refractivity contribution is -0.164. The van der Waals surface area contributed by atoms with Crippen LogP contribution in [0.4, 0.5) is 4.79 Å². The van der Waals surface area contributed by atoms with E-state index >= 15 is 14.4 Å². The summed E-state index contributed by atoms with van der Waals surface area (Å²) in [6.07, 6.45) is 2.23. The van der Waals surface area contributed by atoms with Crippen molar-refractivity contribution in [1.29, 1.82) is 0 Å². The Hall–Kier alpha value is -7.92. The molecule has 0 aromatic heterocycles. The van der Waals surface area contributed by atoms with E-state index in [1.54, 1.807) is 82.2 Å². The van der Waals surface area contributed by atoms with Gasteiger partial charge in [-0.2, -0.15) is 0 Å². The number of carbonyl (C=O) groups is 14. The molecule has 0 aliphatic rings. The van der Waals surface area contributed by atoms with Gasteiger partial charge in [0.2, 0.25) is 65.0 Å². The molecule has 0 saturated heterocycles. The van der Waals surface area contributed by atoms with E-state index in [1.165, 1.54) is 128 Å². The molecule has 0 aliphatic heterocycles. The SMILES string of the molecule is C/C=C/C[C@@H](C)[C@@H](OC(C)=O)[C@@H](C(=O)N[C@@H](CC)C(=O)OCCN(C)C(C)=O)N(C)C(=O)[C@H](C(C)C)N(C)C(=O)[C@H](CC(C)C)N(C)C(=O)[C@H](CC(C)C)N(C)C(=O)[C@@H](C)NC(=O)[C@H](C)NC(=O)[C@H](CC(C)C)N(C)C(=O)[C@@H](NC(=O)[C@H]([C@H](C)COC)N(C)C(=O)[C@@H](C)N(C)C(=O)OC(C)(C)C)C(C)C. The zero-order chi connectivity index (χ0) is 81.9. The maximum absolute atomic E-state index is 15.3. The van der Waals surface area contributed by atoms with Crippen molar-refractivity contribution in [3.8, 4) is 0 Å². The first-order chi connectivity index (χ1) is 48.3. The molecule has 0 heterocycles. The number of nitrogens with zero attached hydrogens (tertiary/aromatic N) is 8. The van der Waals surface area contributed by atoms with Crippen molar-refractivity contribution in [3.05, 3.63) is 12.2 Å². The Labute approximate surface area is 626 Å². The highest BCUT2D eigenvalue weighted by Gasteiger charge is 2.47. The Kier molecular flexibility index (Phi) is 41.5. The van der Waals surface area contributed by atoms with Gasteiger partial charge in [-0.3, -0.25) is 62.4 Å². The van der Waals surface area contributed by atoms with Gasteiger partial charge in [0, 0.05) is 83.3 Å². The second-order valence-corrected chi connectivity index (χ2v) is 31.0. The van der Waals surface area contributed by atoms with E-state index < -0.39 is 179 Å². The molecule has 4 N–H and O–H groups in total. The fraction of sp³-hybridized carbons (Fsp3) is 0.787. The largest absolute Gasteiger partial charge is 0.462 e. The number of carbonyl (C=O) groups excluding carboxylic acids is 14. The number of amides is 12. The summed E-state index contributed by atoms with van der Waals surface area (Å²) in [5.74, 6) is -11.8. The molecule has 0 rings (SSSR count). The molecule has 0 radical (unpaired) electrons. The summed E-state index contributed by atoms with van der Waals surface area (Å²) >= 11 is 0. The van der Waals surface area contributed by atoms with Crippen LogP contribution in [0.5, 0.6) is 0 Å². The van der Waals surface area contributed by atoms with Crippen molar-refractivity contribution < 1.29 is 86.1 Å². The second kappa shape index (κ2) is 44.9. The van der Waals surface area contributed by atoms with E-state index in [9.17, 15) is 52.7 Å². The van der Waals surface area contributed by atoms with Gasteiger partial charge in [0.15, 0.2) is 0 Å². The second-order valence-electron chi connectivity index (χ2n) is 31.0. The van der Waals surface area contributed by atoms with Crippen LogP contribution in [0, 0.1) is 41.4 Å². The van der Waals surface area contributed by atoms with Crippen LogP contribution in [0.2, 0.25) is 0 Å². The number of nitrogens with one attached hydrogen (secondary N) is 4. The summed E-state index contributed by atoms with van der Waals surface area (Å²) < 4.78 is 22.2. The Morgan fingerprint density at radius 1 is 0.476 bits per heavy atom. The molecule has 30 nitrogen and oxygen atoms in total. The van der Waals surface area contributed by atoms with E-state index in [4.69, 9.17) is 18.9 Å². The highest BCUT2D eigenvalue weighted by Crippen LogP contribution is 2.27. The normalized spacial score (nSPS) is 15.7. The Morgan fingerprint density at radius 2 is 0.933 bits per heavy atom. The first kappa shape index (κ1) is 97.1. The number of hydrogen-bond donors (Lipinski definition) is 4. The van der Waals surface area contributed by atoms with Crippen molar-refractivity contribution in [3.63, 3.8) is 0 Å². The topological polar surface area (TPSA) is 350 Å². The van der Waals surface area contributed by atoms with Crippen molar-refractivity contribution >= 4 is 83.0 Å². The van der Waals surface area contributed by atoms with E-state index in [0.717, 1.165) is 9.80 Å². The molecule has 0 aromatic carbocycles. The maximum atomic E-state index is 15.3. The summed E-state index contributed by atoms with van der Waals surface area (Å²) in [6.45, 7) is 36.6. The number of hydrogen-bond acceptors (Lipinski definition) is 18. The number of allylic oxidation sites excluding steroid dienone is 2. The number of rotatable bonds is 42. The average molecular weight is 1490 g/mol. The molecule has 0 unspecified atom stereocenters. The first-order valence-corrected chi connectivity index (χ1v) is 36.7. The Balaban J connectivity index is 7.20. The number of ether oxygens (including phenoxy) is 4. The van der Waals surface area contributed by atoms with Gasteiger partial charge in [0.1, 0.15) is 84.8 Å². The minimum Gasteiger partial charge on any atom is -0.462 e. The van der Waals surface area contributed by atoms with Crippen molar-refractivity contribution in [2.75, 3.05) is 83.2 Å². The van der Waals surface area contributed by atoms with Gasteiger partial charge in [-0.1, -0.05) is 102 Å². The minimum atomic E-state index is -1.57. The predicted molar refractivity (Wildman–Crippen MR) is 400 cm³/mol. The molecule has 0 saturated carbocycles. The lowest BCUT2D eigenvalue weighted by atomic mass is 9.91.